The van der Waals surface area contributed by atoms with Gasteiger partial charge in [-0.2, -0.15) is 0 Å². The monoisotopic (exact) mass is 366 g/mol. The number of aromatic amines is 1. The molecule has 4 nitrogen and oxygen atoms in total. The lowest BCUT2D eigenvalue weighted by atomic mass is 9.77. The Labute approximate surface area is 155 Å². The van der Waals surface area contributed by atoms with Gasteiger partial charge < -0.3 is 14.6 Å². The maximum absolute atomic E-state index is 12.4. The van der Waals surface area contributed by atoms with E-state index in [0.29, 0.717) is 11.2 Å². The topological polar surface area (TPSA) is 45.3 Å². The average Bonchev–Trinajstić information content (AvgIpc) is 3.02. The summed E-state index contributed by atoms with van der Waals surface area (Å²) in [6.07, 6.45) is 0. The van der Waals surface area contributed by atoms with Crippen molar-refractivity contribution in [3.05, 3.63) is 48.5 Å². The van der Waals surface area contributed by atoms with Crippen molar-refractivity contribution in [2.24, 2.45) is 5.41 Å². The van der Waals surface area contributed by atoms with E-state index in [9.17, 15) is 4.21 Å². The molecular formula is C21H22N2O2S. The molecule has 0 saturated carbocycles. The first-order valence-electron chi connectivity index (χ1n) is 9.11. The van der Waals surface area contributed by atoms with Gasteiger partial charge in [0.25, 0.3) is 0 Å². The highest BCUT2D eigenvalue weighted by Crippen LogP contribution is 2.44. The number of fused-ring (bicyclic) bond motifs is 1. The standard InChI is InChI=1S/C21H22N2O2S/c1-2-26(24)16-7-8-20(23-11-21(12-23)13-25-14-21)17(10-16)19-9-15-5-3-4-6-18(15)22-19/h3-10,22H,2,11-14H2,1H3/t26-/m0/s1. The van der Waals surface area contributed by atoms with E-state index in [0.717, 1.165) is 48.0 Å². The van der Waals surface area contributed by atoms with Gasteiger partial charge in [0.15, 0.2) is 0 Å². The first kappa shape index (κ1) is 16.1. The van der Waals surface area contributed by atoms with Crippen LogP contribution in [0.3, 0.4) is 0 Å². The number of aromatic nitrogens is 1. The van der Waals surface area contributed by atoms with Crippen molar-refractivity contribution in [1.82, 2.24) is 4.98 Å². The SMILES string of the molecule is CC[S@](=O)c1ccc(N2CC3(COC3)C2)c(-c2cc3ccccc3[nH]2)c1. The smallest absolute Gasteiger partial charge is 0.0579 e. The second kappa shape index (κ2) is 5.96. The number of hydrogen-bond acceptors (Lipinski definition) is 3. The van der Waals surface area contributed by atoms with Crippen molar-refractivity contribution in [1.29, 1.82) is 0 Å². The number of ether oxygens (including phenoxy) is 1. The zero-order valence-electron chi connectivity index (χ0n) is 14.8. The number of rotatable bonds is 4. The molecule has 2 saturated heterocycles. The number of para-hydroxylation sites is 1. The molecule has 5 rings (SSSR count). The van der Waals surface area contributed by atoms with Crippen molar-refractivity contribution in [2.75, 3.05) is 37.0 Å². The number of anilines is 1. The molecule has 0 radical (unpaired) electrons. The summed E-state index contributed by atoms with van der Waals surface area (Å²) in [5.41, 5.74) is 4.93. The van der Waals surface area contributed by atoms with Crippen molar-refractivity contribution in [2.45, 2.75) is 11.8 Å². The van der Waals surface area contributed by atoms with E-state index in [1.165, 1.54) is 11.1 Å². The zero-order valence-corrected chi connectivity index (χ0v) is 15.6. The van der Waals surface area contributed by atoms with Crippen molar-refractivity contribution in [3.8, 4) is 11.3 Å². The second-order valence-corrected chi connectivity index (χ2v) is 9.17. The van der Waals surface area contributed by atoms with Crippen LogP contribution in [0.4, 0.5) is 5.69 Å². The minimum absolute atomic E-state index is 0.364. The Morgan fingerprint density at radius 1 is 1.15 bits per heavy atom. The zero-order chi connectivity index (χ0) is 17.7. The van der Waals surface area contributed by atoms with Crippen molar-refractivity contribution in [3.63, 3.8) is 0 Å². The molecule has 3 aromatic rings. The van der Waals surface area contributed by atoms with Gasteiger partial charge in [0, 0.05) is 51.6 Å². The lowest BCUT2D eigenvalue weighted by Crippen LogP contribution is -2.66. The Bertz CT molecular complexity index is 965. The third-order valence-electron chi connectivity index (χ3n) is 5.52. The van der Waals surface area contributed by atoms with E-state index in [1.54, 1.807) is 0 Å². The van der Waals surface area contributed by atoms with E-state index in [2.05, 4.69) is 46.3 Å². The summed E-state index contributed by atoms with van der Waals surface area (Å²) < 4.78 is 17.8. The Hall–Kier alpha value is -2.11. The van der Waals surface area contributed by atoms with Gasteiger partial charge in [-0.05, 0) is 30.3 Å². The van der Waals surface area contributed by atoms with Crippen molar-refractivity contribution < 1.29 is 8.95 Å². The van der Waals surface area contributed by atoms with Gasteiger partial charge >= 0.3 is 0 Å². The Kier molecular flexibility index (Phi) is 3.69. The molecule has 0 aliphatic carbocycles. The summed E-state index contributed by atoms with van der Waals surface area (Å²) in [4.78, 5) is 6.85. The lowest BCUT2D eigenvalue weighted by molar-refractivity contribution is -0.127. The molecule has 2 aliphatic rings. The lowest BCUT2D eigenvalue weighted by Gasteiger charge is -2.56. The van der Waals surface area contributed by atoms with E-state index >= 15 is 0 Å². The number of nitrogens with one attached hydrogen (secondary N) is 1. The molecule has 26 heavy (non-hydrogen) atoms. The minimum atomic E-state index is -0.956. The summed E-state index contributed by atoms with van der Waals surface area (Å²) in [5, 5.41) is 1.20. The maximum Gasteiger partial charge on any atom is 0.0579 e. The predicted molar refractivity (Wildman–Crippen MR) is 106 cm³/mol. The van der Waals surface area contributed by atoms with Gasteiger partial charge in [0.05, 0.1) is 29.4 Å². The van der Waals surface area contributed by atoms with Crippen molar-refractivity contribution >= 4 is 27.4 Å². The number of benzene rings is 2. The molecule has 134 valence electrons. The first-order chi connectivity index (χ1) is 12.7. The van der Waals surface area contributed by atoms with E-state index in [-0.39, 0.29) is 0 Å². The molecule has 0 bridgehead atoms. The van der Waals surface area contributed by atoms with Gasteiger partial charge in [-0.3, -0.25) is 4.21 Å². The average molecular weight is 366 g/mol. The highest BCUT2D eigenvalue weighted by atomic mass is 32.2. The van der Waals surface area contributed by atoms with Gasteiger partial charge in [0.2, 0.25) is 0 Å². The van der Waals surface area contributed by atoms with Crippen LogP contribution in [0.1, 0.15) is 6.92 Å². The quantitative estimate of drug-likeness (QED) is 0.764. The molecule has 0 amide bonds. The highest BCUT2D eigenvalue weighted by Gasteiger charge is 2.49. The largest absolute Gasteiger partial charge is 0.380 e. The molecule has 2 aromatic carbocycles. The normalized spacial score (nSPS) is 19.3. The molecule has 1 atom stereocenters. The number of nitrogens with zero attached hydrogens (tertiary/aromatic N) is 1. The molecule has 2 fully saturated rings. The minimum Gasteiger partial charge on any atom is -0.380 e. The number of H-pyrrole nitrogens is 1. The number of hydrogen-bond donors (Lipinski definition) is 1. The van der Waals surface area contributed by atoms with Gasteiger partial charge in [-0.1, -0.05) is 25.1 Å². The summed E-state index contributed by atoms with van der Waals surface area (Å²) >= 11 is 0. The summed E-state index contributed by atoms with van der Waals surface area (Å²) in [5.74, 6) is 0.635. The third-order valence-corrected chi connectivity index (χ3v) is 6.83. The fourth-order valence-electron chi connectivity index (χ4n) is 4.04. The van der Waals surface area contributed by atoms with Crippen LogP contribution in [0.5, 0.6) is 0 Å². The fourth-order valence-corrected chi connectivity index (χ4v) is 4.84. The van der Waals surface area contributed by atoms with E-state index in [1.807, 2.05) is 19.1 Å². The highest BCUT2D eigenvalue weighted by molar-refractivity contribution is 7.85. The van der Waals surface area contributed by atoms with E-state index < -0.39 is 10.8 Å². The van der Waals surface area contributed by atoms with E-state index in [4.69, 9.17) is 4.74 Å². The van der Waals surface area contributed by atoms with Gasteiger partial charge in [-0.15, -0.1) is 0 Å². The van der Waals surface area contributed by atoms with Crippen LogP contribution >= 0.6 is 0 Å². The first-order valence-corrected chi connectivity index (χ1v) is 10.4. The molecule has 0 unspecified atom stereocenters. The van der Waals surface area contributed by atoms with Gasteiger partial charge in [-0.25, -0.2) is 0 Å². The van der Waals surface area contributed by atoms with Crippen LogP contribution in [0.2, 0.25) is 0 Å². The summed E-state index contributed by atoms with van der Waals surface area (Å²) in [6.45, 7) is 5.79. The molecule has 5 heteroatoms. The van der Waals surface area contributed by atoms with Gasteiger partial charge in [0.1, 0.15) is 0 Å². The van der Waals surface area contributed by atoms with Crippen LogP contribution in [-0.2, 0) is 15.5 Å². The Morgan fingerprint density at radius 2 is 1.96 bits per heavy atom. The molecule has 1 aromatic heterocycles. The van der Waals surface area contributed by atoms with Crippen LogP contribution in [-0.4, -0.2) is 41.2 Å². The predicted octanol–water partition coefficient (Wildman–Crippen LogP) is 3.80. The summed E-state index contributed by atoms with van der Waals surface area (Å²) in [7, 11) is -0.956. The molecule has 2 aliphatic heterocycles. The molecule has 3 heterocycles. The van der Waals surface area contributed by atoms with Crippen LogP contribution in [0.25, 0.3) is 22.2 Å². The molecule has 1 spiro atoms. The molecule has 1 N–H and O–H groups in total. The fraction of sp³-hybridized carbons (Fsp3) is 0.333. The second-order valence-electron chi connectivity index (χ2n) is 7.43. The summed E-state index contributed by atoms with van der Waals surface area (Å²) in [6, 6.07) is 16.8. The Balaban J connectivity index is 1.59. The van der Waals surface area contributed by atoms with Crippen LogP contribution in [0.15, 0.2) is 53.4 Å². The Morgan fingerprint density at radius 3 is 2.65 bits per heavy atom. The van der Waals surface area contributed by atoms with Crippen LogP contribution in [0, 0.1) is 5.41 Å². The molecular weight excluding hydrogens is 344 g/mol. The third kappa shape index (κ3) is 2.49. The maximum atomic E-state index is 12.4. The van der Waals surface area contributed by atoms with Crippen LogP contribution < -0.4 is 4.90 Å².